The molecule has 0 heterocycles. The number of hydrogen-bond donors (Lipinski definition) is 1. The molecule has 24 valence electrons. The lowest BCUT2D eigenvalue weighted by Crippen LogP contribution is -2.00. The second-order valence-corrected chi connectivity index (χ2v) is 4.10. The minimum absolute atomic E-state index is 1.66. The van der Waals surface area contributed by atoms with Crippen LogP contribution in [0.3, 0.4) is 0 Å². The molecule has 0 atom stereocenters. The molecule has 0 aromatic carbocycles. The van der Waals surface area contributed by atoms with Gasteiger partial charge in [0.1, 0.15) is 0 Å². The van der Waals surface area contributed by atoms with Gasteiger partial charge in [-0.05, 0) is 21.8 Å². The molecule has 0 radical (unpaired) electrons. The number of hydrogen-bond acceptors (Lipinski definition) is 1. The van der Waals surface area contributed by atoms with E-state index >= 15 is 0 Å². The van der Waals surface area contributed by atoms with Crippen molar-refractivity contribution >= 4 is 28.1 Å². The van der Waals surface area contributed by atoms with Gasteiger partial charge in [-0.2, -0.15) is 0 Å². The Kier molecular flexibility index (Phi) is 2.08. The summed E-state index contributed by atoms with van der Waals surface area (Å²) in [6.45, 7) is 0. The lowest BCUT2D eigenvalue weighted by molar-refractivity contribution is 0.576. The third kappa shape index (κ3) is 20.4. The van der Waals surface area contributed by atoms with Crippen LogP contribution in [0, 0.1) is 0 Å². The van der Waals surface area contributed by atoms with E-state index < -0.39 is 6.34 Å². The number of rotatable bonds is 0. The van der Waals surface area contributed by atoms with Crippen LogP contribution in [0.5, 0.6) is 0 Å². The quantitative estimate of drug-likeness (QED) is 0.324. The van der Waals surface area contributed by atoms with E-state index in [9.17, 15) is 4.46 Å². The molecule has 0 spiro atoms. The maximum absolute atomic E-state index is 9.39. The van der Waals surface area contributed by atoms with Crippen LogP contribution < -0.4 is 5.40 Å². The summed E-state index contributed by atoms with van der Waals surface area (Å²) in [4.78, 5) is 0. The van der Waals surface area contributed by atoms with Crippen molar-refractivity contribution < 1.29 is 4.46 Å². The summed E-state index contributed by atoms with van der Waals surface area (Å²) in [6, 6.07) is 0. The first kappa shape index (κ1) is 4.55. The standard InChI is InChI=1S/H2INOSi/c1-4(2)3/h2H2. The fourth-order valence-corrected chi connectivity index (χ4v) is 0. The van der Waals surface area contributed by atoms with E-state index in [0.29, 0.717) is 0 Å². The highest BCUT2D eigenvalue weighted by atomic mass is 127. The Balaban J connectivity index is 2.80. The Bertz CT molecular complexity index is 31.0. The third-order valence-electron chi connectivity index (χ3n) is 0. The van der Waals surface area contributed by atoms with Crippen LogP contribution >= 0.6 is 21.8 Å². The Hall–Kier alpha value is 0.547. The van der Waals surface area contributed by atoms with Gasteiger partial charge < -0.3 is 9.86 Å². The van der Waals surface area contributed by atoms with E-state index in [1.165, 1.54) is 0 Å². The third-order valence-corrected chi connectivity index (χ3v) is 0. The molecular formula is H2INOSi. The molecule has 0 aliphatic carbocycles. The Morgan fingerprint density at radius 3 is 2.00 bits per heavy atom. The zero-order valence-corrected chi connectivity index (χ0v) is 5.02. The molecule has 0 aliphatic rings. The molecule has 0 aliphatic heterocycles. The molecule has 2 nitrogen and oxygen atoms in total. The summed E-state index contributed by atoms with van der Waals surface area (Å²) < 4.78 is 9.39. The summed E-state index contributed by atoms with van der Waals surface area (Å²) in [5.41, 5.74) is 0. The van der Waals surface area contributed by atoms with Crippen LogP contribution in [0.15, 0.2) is 0 Å². The maximum Gasteiger partial charge on any atom is 0.462 e. The normalized spacial score (nSPS) is 6.25. The van der Waals surface area contributed by atoms with E-state index in [1.807, 2.05) is 0 Å². The lowest BCUT2D eigenvalue weighted by Gasteiger charge is -1.52. The first-order valence-electron chi connectivity index (χ1n) is 0.682. The molecule has 0 aromatic rings. The molecule has 0 unspecified atom stereocenters. The van der Waals surface area contributed by atoms with E-state index in [1.54, 1.807) is 21.8 Å². The van der Waals surface area contributed by atoms with Crippen molar-refractivity contribution in [1.29, 1.82) is 0 Å². The van der Waals surface area contributed by atoms with Crippen molar-refractivity contribution in [2.45, 2.75) is 0 Å². The summed E-state index contributed by atoms with van der Waals surface area (Å²) in [5, 5.41) is 4.64. The van der Waals surface area contributed by atoms with Crippen LogP contribution in [-0.4, -0.2) is 6.34 Å². The molecule has 0 amide bonds. The van der Waals surface area contributed by atoms with E-state index in [0.717, 1.165) is 0 Å². The van der Waals surface area contributed by atoms with Crippen molar-refractivity contribution in [3.8, 4) is 0 Å². The minimum atomic E-state index is -1.66. The van der Waals surface area contributed by atoms with Crippen molar-refractivity contribution in [1.82, 2.24) is 0 Å². The highest BCUT2D eigenvalue weighted by Crippen LogP contribution is 1.63. The van der Waals surface area contributed by atoms with Gasteiger partial charge in [0.05, 0.1) is 0 Å². The molecular weight excluding hydrogens is 185 g/mol. The number of nitrogens with two attached hydrogens (primary N) is 1. The van der Waals surface area contributed by atoms with Gasteiger partial charge in [-0.1, -0.05) is 0 Å². The van der Waals surface area contributed by atoms with Crippen LogP contribution in [0.1, 0.15) is 0 Å². The van der Waals surface area contributed by atoms with Gasteiger partial charge in [0.2, 0.25) is 0 Å². The Morgan fingerprint density at radius 2 is 2.00 bits per heavy atom. The predicted octanol–water partition coefficient (Wildman–Crippen LogP) is -0.204. The summed E-state index contributed by atoms with van der Waals surface area (Å²) >= 11 is 1.67. The second-order valence-electron chi connectivity index (χ2n) is 0.304. The molecule has 4 heavy (non-hydrogen) atoms. The lowest BCUT2D eigenvalue weighted by atomic mass is 13.9. The molecule has 0 aromatic heterocycles. The summed E-state index contributed by atoms with van der Waals surface area (Å²) in [5.74, 6) is 0. The molecule has 2 N–H and O–H groups in total. The first-order valence-corrected chi connectivity index (χ1v) is 5.28. The predicted molar refractivity (Wildman–Crippen MR) is 24.6 cm³/mol. The van der Waals surface area contributed by atoms with Gasteiger partial charge in [0, 0.05) is 0 Å². The van der Waals surface area contributed by atoms with Gasteiger partial charge in [0.15, 0.2) is 0 Å². The molecule has 0 saturated heterocycles. The van der Waals surface area contributed by atoms with Crippen LogP contribution in [-0.2, 0) is 4.46 Å². The van der Waals surface area contributed by atoms with Crippen molar-refractivity contribution in [3.05, 3.63) is 0 Å². The van der Waals surface area contributed by atoms with Crippen molar-refractivity contribution in [2.75, 3.05) is 0 Å². The zero-order chi connectivity index (χ0) is 3.58. The first-order chi connectivity index (χ1) is 1.73. The fourth-order valence-electron chi connectivity index (χ4n) is 0. The smallest absolute Gasteiger partial charge is 0.395 e. The Morgan fingerprint density at radius 1 is 2.00 bits per heavy atom. The topological polar surface area (TPSA) is 43.1 Å². The largest absolute Gasteiger partial charge is 0.462 e. The molecule has 0 rings (SSSR count). The minimum Gasteiger partial charge on any atom is -0.395 e. The van der Waals surface area contributed by atoms with E-state index in [4.69, 9.17) is 0 Å². The fraction of sp³-hybridized carbons (Fsp3) is 0. The summed E-state index contributed by atoms with van der Waals surface area (Å²) in [6.07, 6.45) is -1.66. The van der Waals surface area contributed by atoms with Crippen molar-refractivity contribution in [3.63, 3.8) is 0 Å². The van der Waals surface area contributed by atoms with E-state index in [-0.39, 0.29) is 0 Å². The van der Waals surface area contributed by atoms with Gasteiger partial charge >= 0.3 is 6.34 Å². The van der Waals surface area contributed by atoms with Gasteiger partial charge in [-0.15, -0.1) is 0 Å². The van der Waals surface area contributed by atoms with Crippen LogP contribution in [0.4, 0.5) is 0 Å². The van der Waals surface area contributed by atoms with E-state index in [2.05, 4.69) is 5.40 Å². The molecule has 0 bridgehead atoms. The molecule has 0 saturated carbocycles. The Labute approximate surface area is 38.3 Å². The van der Waals surface area contributed by atoms with Gasteiger partial charge in [-0.25, -0.2) is 0 Å². The average Bonchev–Trinajstić information content (AvgIpc) is 0.811. The van der Waals surface area contributed by atoms with Gasteiger partial charge in [0.25, 0.3) is 0 Å². The molecule has 0 fully saturated rings. The van der Waals surface area contributed by atoms with Crippen LogP contribution in [0.25, 0.3) is 0 Å². The average molecular weight is 187 g/mol. The second kappa shape index (κ2) is 1.83. The summed E-state index contributed by atoms with van der Waals surface area (Å²) in [7, 11) is 0. The van der Waals surface area contributed by atoms with Crippen LogP contribution in [0.2, 0.25) is 0 Å². The van der Waals surface area contributed by atoms with Crippen molar-refractivity contribution in [2.24, 2.45) is 5.40 Å². The highest BCUT2D eigenvalue weighted by Gasteiger charge is 1.74. The highest BCUT2D eigenvalue weighted by molar-refractivity contribution is 14.1. The zero-order valence-electron chi connectivity index (χ0n) is 1.86. The molecule has 4 heteroatoms. The SMILES string of the molecule is N[Si](=O)I. The van der Waals surface area contributed by atoms with Gasteiger partial charge in [-0.3, -0.25) is 0 Å². The maximum atomic E-state index is 9.39. The number of halogens is 1. The monoisotopic (exact) mass is 187 g/mol.